The van der Waals surface area contributed by atoms with E-state index >= 15 is 0 Å². The van der Waals surface area contributed by atoms with Crippen molar-refractivity contribution in [2.24, 2.45) is 5.73 Å². The van der Waals surface area contributed by atoms with Gasteiger partial charge in [-0.2, -0.15) is 0 Å². The van der Waals surface area contributed by atoms with Crippen LogP contribution in [0.1, 0.15) is 24.9 Å². The number of benzene rings is 1. The Morgan fingerprint density at radius 1 is 1.11 bits per heavy atom. The second kappa shape index (κ2) is 8.25. The highest BCUT2D eigenvalue weighted by Gasteiger charge is 2.10. The lowest BCUT2D eigenvalue weighted by atomic mass is 10.1. The Morgan fingerprint density at radius 3 is 2.33 bits per heavy atom. The summed E-state index contributed by atoms with van der Waals surface area (Å²) in [7, 11) is 4.23. The van der Waals surface area contributed by atoms with E-state index in [0.717, 1.165) is 26.2 Å². The van der Waals surface area contributed by atoms with Crippen LogP contribution in [-0.4, -0.2) is 50.1 Å². The van der Waals surface area contributed by atoms with Crippen LogP contribution >= 0.6 is 0 Å². The highest BCUT2D eigenvalue weighted by atomic mass is 15.1. The molecular formula is C15H27N3. The molecule has 18 heavy (non-hydrogen) atoms. The first-order chi connectivity index (χ1) is 8.63. The van der Waals surface area contributed by atoms with Gasteiger partial charge in [-0.3, -0.25) is 0 Å². The van der Waals surface area contributed by atoms with Gasteiger partial charge in [-0.25, -0.2) is 0 Å². The van der Waals surface area contributed by atoms with Crippen molar-refractivity contribution in [3.05, 3.63) is 35.9 Å². The minimum absolute atomic E-state index is 0.116. The molecule has 1 aromatic carbocycles. The number of hydrogen-bond donors (Lipinski definition) is 1. The van der Waals surface area contributed by atoms with Gasteiger partial charge in [0.2, 0.25) is 0 Å². The van der Waals surface area contributed by atoms with Gasteiger partial charge < -0.3 is 15.5 Å². The Morgan fingerprint density at radius 2 is 1.78 bits per heavy atom. The predicted molar refractivity (Wildman–Crippen MR) is 78.7 cm³/mol. The molecule has 0 heterocycles. The second-order valence-electron chi connectivity index (χ2n) is 5.07. The minimum Gasteiger partial charge on any atom is -0.323 e. The average Bonchev–Trinajstić information content (AvgIpc) is 2.38. The maximum absolute atomic E-state index is 6.25. The SMILES string of the molecule is CCN(CCCN(C)C)C[C@@H](N)c1ccccc1. The highest BCUT2D eigenvalue weighted by Crippen LogP contribution is 2.11. The van der Waals surface area contributed by atoms with Gasteiger partial charge in [-0.15, -0.1) is 0 Å². The summed E-state index contributed by atoms with van der Waals surface area (Å²) in [5.74, 6) is 0. The number of nitrogens with two attached hydrogens (primary N) is 1. The molecule has 0 aliphatic heterocycles. The Balaban J connectivity index is 2.38. The molecule has 0 unspecified atom stereocenters. The molecule has 3 nitrogen and oxygen atoms in total. The van der Waals surface area contributed by atoms with E-state index in [1.165, 1.54) is 12.0 Å². The lowest BCUT2D eigenvalue weighted by Crippen LogP contribution is -2.34. The topological polar surface area (TPSA) is 32.5 Å². The molecule has 102 valence electrons. The monoisotopic (exact) mass is 249 g/mol. The van der Waals surface area contributed by atoms with E-state index in [9.17, 15) is 0 Å². The maximum atomic E-state index is 6.25. The molecule has 0 fully saturated rings. The van der Waals surface area contributed by atoms with Gasteiger partial charge in [0.15, 0.2) is 0 Å². The van der Waals surface area contributed by atoms with Gasteiger partial charge in [0.25, 0.3) is 0 Å². The van der Waals surface area contributed by atoms with Crippen LogP contribution in [0.15, 0.2) is 30.3 Å². The number of nitrogens with zero attached hydrogens (tertiary/aromatic N) is 2. The predicted octanol–water partition coefficient (Wildman–Crippen LogP) is 1.96. The molecule has 0 saturated carbocycles. The standard InChI is InChI=1S/C15H27N3/c1-4-18(12-8-11-17(2)3)13-15(16)14-9-6-5-7-10-14/h5-7,9-10,15H,4,8,11-13,16H2,1-3H3/t15-/m1/s1. The molecule has 0 radical (unpaired) electrons. The lowest BCUT2D eigenvalue weighted by Gasteiger charge is -2.25. The Bertz CT molecular complexity index is 311. The summed E-state index contributed by atoms with van der Waals surface area (Å²) in [6.07, 6.45) is 1.20. The van der Waals surface area contributed by atoms with Crippen molar-refractivity contribution < 1.29 is 0 Å². The summed E-state index contributed by atoms with van der Waals surface area (Å²) in [5, 5.41) is 0. The van der Waals surface area contributed by atoms with Crippen LogP contribution in [0.4, 0.5) is 0 Å². The number of rotatable bonds is 8. The van der Waals surface area contributed by atoms with Crippen molar-refractivity contribution in [1.29, 1.82) is 0 Å². The van der Waals surface area contributed by atoms with Crippen molar-refractivity contribution in [2.45, 2.75) is 19.4 Å². The van der Waals surface area contributed by atoms with Crippen LogP contribution in [0.25, 0.3) is 0 Å². The normalized spacial score (nSPS) is 13.2. The molecule has 0 aromatic heterocycles. The van der Waals surface area contributed by atoms with E-state index in [4.69, 9.17) is 5.73 Å². The molecular weight excluding hydrogens is 222 g/mol. The van der Waals surface area contributed by atoms with Crippen LogP contribution in [0.3, 0.4) is 0 Å². The van der Waals surface area contributed by atoms with Crippen LogP contribution in [0.2, 0.25) is 0 Å². The zero-order valence-electron chi connectivity index (χ0n) is 12.0. The molecule has 3 heteroatoms. The summed E-state index contributed by atoms with van der Waals surface area (Å²) < 4.78 is 0. The molecule has 1 aromatic rings. The van der Waals surface area contributed by atoms with E-state index < -0.39 is 0 Å². The van der Waals surface area contributed by atoms with Gasteiger partial charge in [0, 0.05) is 12.6 Å². The van der Waals surface area contributed by atoms with Crippen LogP contribution in [0, 0.1) is 0 Å². The van der Waals surface area contributed by atoms with E-state index in [2.05, 4.69) is 55.1 Å². The summed E-state index contributed by atoms with van der Waals surface area (Å²) >= 11 is 0. The van der Waals surface area contributed by atoms with Crippen molar-refractivity contribution in [3.63, 3.8) is 0 Å². The fourth-order valence-electron chi connectivity index (χ4n) is 2.07. The second-order valence-corrected chi connectivity index (χ2v) is 5.07. The first-order valence-corrected chi connectivity index (χ1v) is 6.81. The molecule has 1 rings (SSSR count). The minimum atomic E-state index is 0.116. The molecule has 0 aliphatic carbocycles. The van der Waals surface area contributed by atoms with Crippen LogP contribution < -0.4 is 5.73 Å². The molecule has 0 saturated heterocycles. The highest BCUT2D eigenvalue weighted by molar-refractivity contribution is 5.18. The Hall–Kier alpha value is -0.900. The summed E-state index contributed by atoms with van der Waals surface area (Å²) in [6, 6.07) is 10.5. The third-order valence-corrected chi connectivity index (χ3v) is 3.21. The van der Waals surface area contributed by atoms with Gasteiger partial charge in [-0.05, 0) is 45.7 Å². The lowest BCUT2D eigenvalue weighted by molar-refractivity contribution is 0.252. The third-order valence-electron chi connectivity index (χ3n) is 3.21. The van der Waals surface area contributed by atoms with Gasteiger partial charge in [0.05, 0.1) is 0 Å². The largest absolute Gasteiger partial charge is 0.323 e. The Labute approximate surface area is 112 Å². The van der Waals surface area contributed by atoms with E-state index in [1.54, 1.807) is 0 Å². The van der Waals surface area contributed by atoms with E-state index in [0.29, 0.717) is 0 Å². The fourth-order valence-corrected chi connectivity index (χ4v) is 2.07. The van der Waals surface area contributed by atoms with Crippen molar-refractivity contribution >= 4 is 0 Å². The first-order valence-electron chi connectivity index (χ1n) is 6.81. The van der Waals surface area contributed by atoms with Crippen molar-refractivity contribution in [3.8, 4) is 0 Å². The van der Waals surface area contributed by atoms with Crippen LogP contribution in [-0.2, 0) is 0 Å². The zero-order valence-corrected chi connectivity index (χ0v) is 12.0. The molecule has 0 bridgehead atoms. The number of likely N-dealkylation sites (N-methyl/N-ethyl adjacent to an activating group) is 1. The summed E-state index contributed by atoms with van der Waals surface area (Å²) in [4.78, 5) is 4.66. The molecule has 1 atom stereocenters. The Kier molecular flexibility index (Phi) is 6.94. The van der Waals surface area contributed by atoms with Gasteiger partial charge in [-0.1, -0.05) is 37.3 Å². The fraction of sp³-hybridized carbons (Fsp3) is 0.600. The van der Waals surface area contributed by atoms with Gasteiger partial charge >= 0.3 is 0 Å². The molecule has 0 aliphatic rings. The van der Waals surface area contributed by atoms with E-state index in [-0.39, 0.29) is 6.04 Å². The van der Waals surface area contributed by atoms with Crippen LogP contribution in [0.5, 0.6) is 0 Å². The maximum Gasteiger partial charge on any atom is 0.0424 e. The third kappa shape index (κ3) is 5.63. The quantitative estimate of drug-likeness (QED) is 0.764. The van der Waals surface area contributed by atoms with Crippen molar-refractivity contribution in [1.82, 2.24) is 9.80 Å². The summed E-state index contributed by atoms with van der Waals surface area (Å²) in [5.41, 5.74) is 7.48. The molecule has 0 amide bonds. The smallest absolute Gasteiger partial charge is 0.0424 e. The first kappa shape index (κ1) is 15.2. The van der Waals surface area contributed by atoms with Gasteiger partial charge in [0.1, 0.15) is 0 Å². The zero-order chi connectivity index (χ0) is 13.4. The molecule has 0 spiro atoms. The average molecular weight is 249 g/mol. The number of hydrogen-bond acceptors (Lipinski definition) is 3. The molecule has 2 N–H and O–H groups in total. The summed E-state index contributed by atoms with van der Waals surface area (Å²) in [6.45, 7) is 6.46. The van der Waals surface area contributed by atoms with E-state index in [1.807, 2.05) is 6.07 Å². The van der Waals surface area contributed by atoms with Crippen molar-refractivity contribution in [2.75, 3.05) is 40.3 Å².